The van der Waals surface area contributed by atoms with Gasteiger partial charge in [0.15, 0.2) is 0 Å². The molecule has 6 nitrogen and oxygen atoms in total. The summed E-state index contributed by atoms with van der Waals surface area (Å²) in [5.41, 5.74) is 3.87. The van der Waals surface area contributed by atoms with Gasteiger partial charge in [-0.15, -0.1) is 0 Å². The van der Waals surface area contributed by atoms with Gasteiger partial charge in [-0.25, -0.2) is 0 Å². The number of hydrogen-bond acceptors (Lipinski definition) is 4. The number of aryl methyl sites for hydroxylation is 2. The van der Waals surface area contributed by atoms with Crippen molar-refractivity contribution in [1.29, 1.82) is 0 Å². The highest BCUT2D eigenvalue weighted by atomic mass is 16.6. The van der Waals surface area contributed by atoms with Crippen LogP contribution in [0.4, 0.5) is 11.4 Å². The number of nitrogens with one attached hydrogen (secondary N) is 1. The topological polar surface area (TPSA) is 73.0 Å². The van der Waals surface area contributed by atoms with Crippen LogP contribution in [0.5, 0.6) is 0 Å². The van der Waals surface area contributed by atoms with E-state index in [2.05, 4.69) is 10.4 Å². The third-order valence-electron chi connectivity index (χ3n) is 3.21. The van der Waals surface area contributed by atoms with Gasteiger partial charge in [0.1, 0.15) is 0 Å². The molecule has 0 fully saturated rings. The Morgan fingerprint density at radius 1 is 1.42 bits per heavy atom. The second kappa shape index (κ2) is 5.09. The molecule has 0 atom stereocenters. The monoisotopic (exact) mass is 260 g/mol. The first-order valence-electron chi connectivity index (χ1n) is 5.95. The van der Waals surface area contributed by atoms with Gasteiger partial charge in [0.2, 0.25) is 0 Å². The van der Waals surface area contributed by atoms with Crippen molar-refractivity contribution < 1.29 is 4.92 Å². The van der Waals surface area contributed by atoms with Gasteiger partial charge in [0.25, 0.3) is 5.69 Å². The Kier molecular flexibility index (Phi) is 3.50. The van der Waals surface area contributed by atoms with E-state index in [-0.39, 0.29) is 10.6 Å². The maximum absolute atomic E-state index is 10.7. The van der Waals surface area contributed by atoms with Crippen molar-refractivity contribution >= 4 is 11.4 Å². The molecule has 1 aromatic heterocycles. The quantitative estimate of drug-likeness (QED) is 0.677. The van der Waals surface area contributed by atoms with E-state index in [0.717, 1.165) is 16.9 Å². The van der Waals surface area contributed by atoms with Crippen LogP contribution in [-0.4, -0.2) is 14.7 Å². The molecule has 1 N–H and O–H groups in total. The molecular formula is C13H16N4O2. The molecule has 2 rings (SSSR count). The molecule has 2 aromatic rings. The Labute approximate surface area is 111 Å². The van der Waals surface area contributed by atoms with E-state index in [4.69, 9.17) is 0 Å². The number of aromatic nitrogens is 2. The number of nitro benzene ring substituents is 1. The predicted octanol–water partition coefficient (Wildman–Crippen LogP) is 2.56. The van der Waals surface area contributed by atoms with Crippen LogP contribution < -0.4 is 5.32 Å². The lowest BCUT2D eigenvalue weighted by Gasteiger charge is -2.07. The lowest BCUT2D eigenvalue weighted by molar-refractivity contribution is -0.385. The summed E-state index contributed by atoms with van der Waals surface area (Å²) in [6, 6.07) is 5.02. The molecule has 0 bridgehead atoms. The Hall–Kier alpha value is -2.37. The Morgan fingerprint density at radius 3 is 2.68 bits per heavy atom. The summed E-state index contributed by atoms with van der Waals surface area (Å²) in [6.45, 7) is 4.39. The summed E-state index contributed by atoms with van der Waals surface area (Å²) < 4.78 is 1.82. The van der Waals surface area contributed by atoms with Gasteiger partial charge in [0, 0.05) is 42.2 Å². The molecule has 1 heterocycles. The molecule has 1 aromatic carbocycles. The average Bonchev–Trinajstić information content (AvgIpc) is 2.67. The van der Waals surface area contributed by atoms with Crippen molar-refractivity contribution in [3.8, 4) is 0 Å². The largest absolute Gasteiger partial charge is 0.381 e. The van der Waals surface area contributed by atoms with E-state index in [9.17, 15) is 10.1 Å². The summed E-state index contributed by atoms with van der Waals surface area (Å²) in [5.74, 6) is 0. The van der Waals surface area contributed by atoms with Crippen molar-refractivity contribution in [3.05, 3.63) is 51.3 Å². The van der Waals surface area contributed by atoms with Gasteiger partial charge in [-0.1, -0.05) is 0 Å². The minimum absolute atomic E-state index is 0.142. The first kappa shape index (κ1) is 13.1. The van der Waals surface area contributed by atoms with E-state index >= 15 is 0 Å². The zero-order valence-corrected chi connectivity index (χ0v) is 11.2. The van der Waals surface area contributed by atoms with Crippen LogP contribution in [0.2, 0.25) is 0 Å². The van der Waals surface area contributed by atoms with Crippen LogP contribution in [0.1, 0.15) is 16.8 Å². The first-order chi connectivity index (χ1) is 8.99. The SMILES string of the molecule is Cc1cc(NCc2cnn(C)c2C)ccc1[N+](=O)[O-]. The van der Waals surface area contributed by atoms with E-state index in [1.807, 2.05) is 24.9 Å². The third-order valence-corrected chi connectivity index (χ3v) is 3.21. The zero-order chi connectivity index (χ0) is 14.0. The maximum Gasteiger partial charge on any atom is 0.272 e. The van der Waals surface area contributed by atoms with Crippen molar-refractivity contribution in [1.82, 2.24) is 9.78 Å². The Morgan fingerprint density at radius 2 is 2.16 bits per heavy atom. The number of hydrogen-bond donors (Lipinski definition) is 1. The Balaban J connectivity index is 2.10. The standard InChI is InChI=1S/C13H16N4O2/c1-9-6-12(4-5-13(9)17(18)19)14-7-11-8-15-16(3)10(11)2/h4-6,8,14H,7H2,1-3H3. The van der Waals surface area contributed by atoms with Gasteiger partial charge < -0.3 is 5.32 Å². The molecular weight excluding hydrogens is 244 g/mol. The molecule has 0 radical (unpaired) electrons. The molecule has 0 spiro atoms. The van der Waals surface area contributed by atoms with E-state index in [0.29, 0.717) is 12.1 Å². The minimum atomic E-state index is -0.371. The predicted molar refractivity (Wildman–Crippen MR) is 73.1 cm³/mol. The lowest BCUT2D eigenvalue weighted by atomic mass is 10.1. The number of nitrogens with zero attached hydrogens (tertiary/aromatic N) is 3. The lowest BCUT2D eigenvalue weighted by Crippen LogP contribution is -2.02. The number of anilines is 1. The van der Waals surface area contributed by atoms with Crippen molar-refractivity contribution in [2.24, 2.45) is 7.05 Å². The number of benzene rings is 1. The van der Waals surface area contributed by atoms with Crippen LogP contribution in [0, 0.1) is 24.0 Å². The van der Waals surface area contributed by atoms with E-state index < -0.39 is 0 Å². The van der Waals surface area contributed by atoms with Crippen LogP contribution in [-0.2, 0) is 13.6 Å². The van der Waals surface area contributed by atoms with Gasteiger partial charge in [-0.3, -0.25) is 14.8 Å². The van der Waals surface area contributed by atoms with Crippen LogP contribution in [0.25, 0.3) is 0 Å². The highest BCUT2D eigenvalue weighted by Gasteiger charge is 2.10. The summed E-state index contributed by atoms with van der Waals surface area (Å²) in [7, 11) is 1.90. The molecule has 100 valence electrons. The average molecular weight is 260 g/mol. The molecule has 0 aliphatic heterocycles. The van der Waals surface area contributed by atoms with Gasteiger partial charge in [0.05, 0.1) is 11.1 Å². The zero-order valence-electron chi connectivity index (χ0n) is 11.2. The molecule has 0 aliphatic rings. The van der Waals surface area contributed by atoms with Gasteiger partial charge in [-0.2, -0.15) is 5.10 Å². The van der Waals surface area contributed by atoms with E-state index in [1.54, 1.807) is 19.1 Å². The minimum Gasteiger partial charge on any atom is -0.381 e. The van der Waals surface area contributed by atoms with Gasteiger partial charge in [-0.05, 0) is 26.0 Å². The maximum atomic E-state index is 10.7. The molecule has 19 heavy (non-hydrogen) atoms. The molecule has 0 amide bonds. The highest BCUT2D eigenvalue weighted by Crippen LogP contribution is 2.22. The fourth-order valence-electron chi connectivity index (χ4n) is 1.89. The summed E-state index contributed by atoms with van der Waals surface area (Å²) >= 11 is 0. The Bertz CT molecular complexity index is 619. The van der Waals surface area contributed by atoms with Crippen LogP contribution >= 0.6 is 0 Å². The van der Waals surface area contributed by atoms with Crippen molar-refractivity contribution in [3.63, 3.8) is 0 Å². The molecule has 0 aliphatic carbocycles. The fraction of sp³-hybridized carbons (Fsp3) is 0.308. The van der Waals surface area contributed by atoms with Crippen LogP contribution in [0.3, 0.4) is 0 Å². The number of nitro groups is 1. The van der Waals surface area contributed by atoms with Crippen molar-refractivity contribution in [2.75, 3.05) is 5.32 Å². The summed E-state index contributed by atoms with van der Waals surface area (Å²) in [5, 5.41) is 18.2. The summed E-state index contributed by atoms with van der Waals surface area (Å²) in [4.78, 5) is 10.4. The third kappa shape index (κ3) is 2.73. The van der Waals surface area contributed by atoms with Gasteiger partial charge >= 0.3 is 0 Å². The smallest absolute Gasteiger partial charge is 0.272 e. The summed E-state index contributed by atoms with van der Waals surface area (Å²) in [6.07, 6.45) is 1.82. The van der Waals surface area contributed by atoms with E-state index in [1.165, 1.54) is 6.07 Å². The highest BCUT2D eigenvalue weighted by molar-refractivity contribution is 5.53. The molecule has 0 saturated heterocycles. The fourth-order valence-corrected chi connectivity index (χ4v) is 1.89. The normalized spacial score (nSPS) is 10.5. The first-order valence-corrected chi connectivity index (χ1v) is 5.95. The second-order valence-electron chi connectivity index (χ2n) is 4.49. The van der Waals surface area contributed by atoms with Crippen molar-refractivity contribution in [2.45, 2.75) is 20.4 Å². The number of rotatable bonds is 4. The molecule has 0 unspecified atom stereocenters. The van der Waals surface area contributed by atoms with Crippen LogP contribution in [0.15, 0.2) is 24.4 Å². The molecule has 0 saturated carbocycles. The second-order valence-corrected chi connectivity index (χ2v) is 4.49. The molecule has 6 heteroatoms.